The molecule has 3 heteroatoms. The van der Waals surface area contributed by atoms with Crippen LogP contribution in [0.15, 0.2) is 12.1 Å². The van der Waals surface area contributed by atoms with Crippen LogP contribution >= 0.6 is 0 Å². The number of halogens is 1. The number of phenolic OH excluding ortho intramolecular Hbond substituents is 1. The fourth-order valence-electron chi connectivity index (χ4n) is 1.89. The van der Waals surface area contributed by atoms with E-state index in [0.29, 0.717) is 17.5 Å². The molecule has 2 rings (SSSR count). The highest BCUT2D eigenvalue weighted by atomic mass is 19.1. The van der Waals surface area contributed by atoms with Crippen LogP contribution in [0.1, 0.15) is 23.7 Å². The molecular formula is C10H11FO2. The summed E-state index contributed by atoms with van der Waals surface area (Å²) in [5.41, 5.74) is 1.23. The van der Waals surface area contributed by atoms with E-state index >= 15 is 0 Å². The van der Waals surface area contributed by atoms with Crippen LogP contribution < -0.4 is 0 Å². The maximum atomic E-state index is 13.3. The Labute approximate surface area is 76.0 Å². The molecular weight excluding hydrogens is 171 g/mol. The third kappa shape index (κ3) is 1.20. The molecule has 0 amide bonds. The molecule has 0 aliphatic heterocycles. The Morgan fingerprint density at radius 3 is 3.00 bits per heavy atom. The molecule has 1 aliphatic carbocycles. The fraction of sp³-hybridized carbons (Fsp3) is 0.400. The van der Waals surface area contributed by atoms with E-state index in [4.69, 9.17) is 4.74 Å². The van der Waals surface area contributed by atoms with Crippen LogP contribution in [0, 0.1) is 5.82 Å². The summed E-state index contributed by atoms with van der Waals surface area (Å²) in [4.78, 5) is 0. The highest BCUT2D eigenvalue weighted by Crippen LogP contribution is 2.39. The van der Waals surface area contributed by atoms with E-state index in [1.165, 1.54) is 12.1 Å². The van der Waals surface area contributed by atoms with E-state index in [0.717, 1.165) is 6.42 Å². The van der Waals surface area contributed by atoms with Crippen molar-refractivity contribution in [3.63, 3.8) is 0 Å². The number of fused-ring (bicyclic) bond motifs is 1. The number of ether oxygens (including phenoxy) is 1. The lowest BCUT2D eigenvalue weighted by Gasteiger charge is -2.10. The SMILES string of the molecule is COC1CCc2c(O)ccc(F)c21. The molecule has 1 aromatic rings. The van der Waals surface area contributed by atoms with Crippen LogP contribution in [-0.2, 0) is 11.2 Å². The first kappa shape index (κ1) is 8.51. The summed E-state index contributed by atoms with van der Waals surface area (Å²) in [6.45, 7) is 0. The van der Waals surface area contributed by atoms with E-state index in [2.05, 4.69) is 0 Å². The van der Waals surface area contributed by atoms with Gasteiger partial charge in [-0.1, -0.05) is 0 Å². The quantitative estimate of drug-likeness (QED) is 0.721. The molecule has 1 aromatic carbocycles. The lowest BCUT2D eigenvalue weighted by Crippen LogP contribution is -1.98. The Morgan fingerprint density at radius 1 is 1.54 bits per heavy atom. The molecule has 0 aromatic heterocycles. The normalized spacial score (nSPS) is 20.3. The molecule has 0 saturated carbocycles. The van der Waals surface area contributed by atoms with Crippen molar-refractivity contribution < 1.29 is 14.2 Å². The highest BCUT2D eigenvalue weighted by molar-refractivity contribution is 5.44. The second kappa shape index (κ2) is 3.00. The summed E-state index contributed by atoms with van der Waals surface area (Å²) in [7, 11) is 1.56. The molecule has 0 bridgehead atoms. The van der Waals surface area contributed by atoms with Crippen molar-refractivity contribution in [3.8, 4) is 5.75 Å². The Balaban J connectivity index is 2.55. The molecule has 2 nitrogen and oxygen atoms in total. The van der Waals surface area contributed by atoms with Gasteiger partial charge in [-0.05, 0) is 25.0 Å². The summed E-state index contributed by atoms with van der Waals surface area (Å²) in [5, 5.41) is 9.45. The van der Waals surface area contributed by atoms with Gasteiger partial charge in [0.05, 0.1) is 6.10 Å². The second-order valence-electron chi connectivity index (χ2n) is 3.22. The minimum absolute atomic E-state index is 0.177. The van der Waals surface area contributed by atoms with Gasteiger partial charge in [-0.15, -0.1) is 0 Å². The average Bonchev–Trinajstić information content (AvgIpc) is 2.56. The van der Waals surface area contributed by atoms with Crippen molar-refractivity contribution in [2.45, 2.75) is 18.9 Å². The standard InChI is InChI=1S/C10H11FO2/c1-13-9-5-2-6-8(12)4-3-7(11)10(6)9/h3-4,9,12H,2,5H2,1H3. The maximum Gasteiger partial charge on any atom is 0.129 e. The minimum Gasteiger partial charge on any atom is -0.508 e. The summed E-state index contributed by atoms with van der Waals surface area (Å²) >= 11 is 0. The molecule has 1 N–H and O–H groups in total. The van der Waals surface area contributed by atoms with Crippen LogP contribution in [0.3, 0.4) is 0 Å². The van der Waals surface area contributed by atoms with E-state index in [1.54, 1.807) is 7.11 Å². The monoisotopic (exact) mass is 182 g/mol. The Hall–Kier alpha value is -1.09. The van der Waals surface area contributed by atoms with Crippen molar-refractivity contribution in [3.05, 3.63) is 29.1 Å². The van der Waals surface area contributed by atoms with Crippen LogP contribution in [0.4, 0.5) is 4.39 Å². The van der Waals surface area contributed by atoms with Crippen LogP contribution in [0.5, 0.6) is 5.75 Å². The van der Waals surface area contributed by atoms with Crippen molar-refractivity contribution in [1.29, 1.82) is 0 Å². The zero-order chi connectivity index (χ0) is 9.42. The molecule has 0 fully saturated rings. The first-order chi connectivity index (χ1) is 6.24. The van der Waals surface area contributed by atoms with E-state index < -0.39 is 0 Å². The molecule has 1 atom stereocenters. The zero-order valence-electron chi connectivity index (χ0n) is 7.38. The number of benzene rings is 1. The molecule has 13 heavy (non-hydrogen) atoms. The fourth-order valence-corrected chi connectivity index (χ4v) is 1.89. The minimum atomic E-state index is -0.280. The third-order valence-corrected chi connectivity index (χ3v) is 2.54. The Bertz CT molecular complexity index is 336. The lowest BCUT2D eigenvalue weighted by molar-refractivity contribution is 0.102. The number of phenols is 1. The van der Waals surface area contributed by atoms with Gasteiger partial charge in [0.15, 0.2) is 0 Å². The van der Waals surface area contributed by atoms with Crippen LogP contribution in [0.2, 0.25) is 0 Å². The van der Waals surface area contributed by atoms with Gasteiger partial charge >= 0.3 is 0 Å². The topological polar surface area (TPSA) is 29.5 Å². The molecule has 0 radical (unpaired) electrons. The first-order valence-electron chi connectivity index (χ1n) is 4.27. The Morgan fingerprint density at radius 2 is 2.31 bits per heavy atom. The molecule has 0 heterocycles. The second-order valence-corrected chi connectivity index (χ2v) is 3.22. The van der Waals surface area contributed by atoms with Gasteiger partial charge in [-0.25, -0.2) is 4.39 Å². The number of rotatable bonds is 1. The highest BCUT2D eigenvalue weighted by Gasteiger charge is 2.27. The van der Waals surface area contributed by atoms with E-state index in [-0.39, 0.29) is 17.7 Å². The largest absolute Gasteiger partial charge is 0.508 e. The van der Waals surface area contributed by atoms with Gasteiger partial charge in [0.2, 0.25) is 0 Å². The summed E-state index contributed by atoms with van der Waals surface area (Å²) in [5.74, 6) is -0.104. The van der Waals surface area contributed by atoms with Crippen LogP contribution in [-0.4, -0.2) is 12.2 Å². The number of methoxy groups -OCH3 is 1. The predicted octanol–water partition coefficient (Wildman–Crippen LogP) is 2.17. The summed E-state index contributed by atoms with van der Waals surface area (Å²) in [6, 6.07) is 2.68. The van der Waals surface area contributed by atoms with Gasteiger partial charge in [0.1, 0.15) is 11.6 Å². The van der Waals surface area contributed by atoms with E-state index in [9.17, 15) is 9.50 Å². The van der Waals surface area contributed by atoms with Crippen molar-refractivity contribution >= 4 is 0 Å². The molecule has 0 saturated heterocycles. The predicted molar refractivity (Wildman–Crippen MR) is 46.1 cm³/mol. The van der Waals surface area contributed by atoms with Gasteiger partial charge in [0.25, 0.3) is 0 Å². The molecule has 1 unspecified atom stereocenters. The summed E-state index contributed by atoms with van der Waals surface area (Å²) in [6.07, 6.45) is 1.25. The number of aromatic hydroxyl groups is 1. The molecule has 70 valence electrons. The molecule has 1 aliphatic rings. The van der Waals surface area contributed by atoms with Gasteiger partial charge in [0, 0.05) is 18.2 Å². The maximum absolute atomic E-state index is 13.3. The van der Waals surface area contributed by atoms with Crippen molar-refractivity contribution in [1.82, 2.24) is 0 Å². The Kier molecular flexibility index (Phi) is 1.96. The average molecular weight is 182 g/mol. The third-order valence-electron chi connectivity index (χ3n) is 2.54. The smallest absolute Gasteiger partial charge is 0.129 e. The van der Waals surface area contributed by atoms with Crippen molar-refractivity contribution in [2.24, 2.45) is 0 Å². The van der Waals surface area contributed by atoms with E-state index in [1.807, 2.05) is 0 Å². The van der Waals surface area contributed by atoms with Gasteiger partial charge in [-0.3, -0.25) is 0 Å². The van der Waals surface area contributed by atoms with Crippen molar-refractivity contribution in [2.75, 3.05) is 7.11 Å². The van der Waals surface area contributed by atoms with Gasteiger partial charge < -0.3 is 9.84 Å². The van der Waals surface area contributed by atoms with Crippen LogP contribution in [0.25, 0.3) is 0 Å². The zero-order valence-corrected chi connectivity index (χ0v) is 7.38. The first-order valence-corrected chi connectivity index (χ1v) is 4.27. The van der Waals surface area contributed by atoms with Gasteiger partial charge in [-0.2, -0.15) is 0 Å². The number of hydrogen-bond donors (Lipinski definition) is 1. The lowest BCUT2D eigenvalue weighted by atomic mass is 10.1. The number of hydrogen-bond acceptors (Lipinski definition) is 2. The summed E-state index contributed by atoms with van der Waals surface area (Å²) < 4.78 is 18.4. The molecule has 0 spiro atoms.